The van der Waals surface area contributed by atoms with Gasteiger partial charge in [0.2, 0.25) is 0 Å². The lowest BCUT2D eigenvalue weighted by atomic mass is 9.98. The predicted octanol–water partition coefficient (Wildman–Crippen LogP) is 2.86. The van der Waals surface area contributed by atoms with Crippen LogP contribution in [0.15, 0.2) is 12.1 Å². The van der Waals surface area contributed by atoms with E-state index in [-0.39, 0.29) is 23.9 Å². The molecule has 0 heterocycles. The summed E-state index contributed by atoms with van der Waals surface area (Å²) >= 11 is 0. The van der Waals surface area contributed by atoms with Crippen molar-refractivity contribution in [3.8, 4) is 5.75 Å². The number of methoxy groups -OCH3 is 1. The number of benzene rings is 1. The standard InChI is InChI=1S/C15H18O3/c1-9-6-12(15(18-3)7-10(9)2)14(17)8-13(16)11-4-5-11/h6-7,11H,4-5,8H2,1-3H3. The lowest BCUT2D eigenvalue weighted by Crippen LogP contribution is -2.11. The SMILES string of the molecule is COc1cc(C)c(C)cc1C(=O)CC(=O)C1CC1. The number of carbonyl (C=O) groups is 2. The fraction of sp³-hybridized carbons (Fsp3) is 0.467. The number of Topliss-reactive ketones (excluding diaryl/α,β-unsaturated/α-hetero) is 2. The molecule has 96 valence electrons. The summed E-state index contributed by atoms with van der Waals surface area (Å²) in [6, 6.07) is 3.67. The van der Waals surface area contributed by atoms with E-state index < -0.39 is 0 Å². The third kappa shape index (κ3) is 2.61. The molecule has 0 unspecified atom stereocenters. The lowest BCUT2D eigenvalue weighted by Gasteiger charge is -2.10. The van der Waals surface area contributed by atoms with Gasteiger partial charge in [0.05, 0.1) is 19.1 Å². The summed E-state index contributed by atoms with van der Waals surface area (Å²) in [7, 11) is 1.55. The number of ketones is 2. The highest BCUT2D eigenvalue weighted by atomic mass is 16.5. The van der Waals surface area contributed by atoms with E-state index in [1.165, 1.54) is 0 Å². The van der Waals surface area contributed by atoms with Gasteiger partial charge in [-0.05, 0) is 49.9 Å². The van der Waals surface area contributed by atoms with Crippen LogP contribution in [0.1, 0.15) is 40.7 Å². The molecule has 0 N–H and O–H groups in total. The summed E-state index contributed by atoms with van der Waals surface area (Å²) in [6.07, 6.45) is 1.88. The Morgan fingerprint density at radius 3 is 2.39 bits per heavy atom. The van der Waals surface area contributed by atoms with Gasteiger partial charge in [-0.1, -0.05) is 0 Å². The average Bonchev–Trinajstić information content (AvgIpc) is 3.15. The van der Waals surface area contributed by atoms with Crippen LogP contribution in [0, 0.1) is 19.8 Å². The van der Waals surface area contributed by atoms with Crippen molar-refractivity contribution in [2.45, 2.75) is 33.1 Å². The molecule has 0 spiro atoms. The first-order valence-corrected chi connectivity index (χ1v) is 6.24. The maximum absolute atomic E-state index is 12.1. The van der Waals surface area contributed by atoms with Crippen molar-refractivity contribution in [1.82, 2.24) is 0 Å². The van der Waals surface area contributed by atoms with Crippen LogP contribution in [0.25, 0.3) is 0 Å². The van der Waals surface area contributed by atoms with Crippen LogP contribution < -0.4 is 4.74 Å². The third-order valence-corrected chi connectivity index (χ3v) is 3.48. The zero-order chi connectivity index (χ0) is 13.3. The molecule has 1 aromatic carbocycles. The minimum atomic E-state index is -0.133. The van der Waals surface area contributed by atoms with E-state index in [0.717, 1.165) is 24.0 Å². The van der Waals surface area contributed by atoms with Crippen LogP contribution in [0.5, 0.6) is 5.75 Å². The van der Waals surface area contributed by atoms with E-state index in [1.54, 1.807) is 7.11 Å². The Balaban J connectivity index is 2.22. The molecule has 1 saturated carbocycles. The zero-order valence-corrected chi connectivity index (χ0v) is 11.1. The van der Waals surface area contributed by atoms with E-state index in [0.29, 0.717) is 11.3 Å². The molecule has 0 atom stereocenters. The van der Waals surface area contributed by atoms with Crippen molar-refractivity contribution in [2.24, 2.45) is 5.92 Å². The summed E-state index contributed by atoms with van der Waals surface area (Å²) in [5, 5.41) is 0. The highest BCUT2D eigenvalue weighted by Crippen LogP contribution is 2.32. The fourth-order valence-electron chi connectivity index (χ4n) is 1.98. The molecule has 0 aliphatic heterocycles. The predicted molar refractivity (Wildman–Crippen MR) is 69.1 cm³/mol. The van der Waals surface area contributed by atoms with Gasteiger partial charge in [-0.25, -0.2) is 0 Å². The van der Waals surface area contributed by atoms with Crippen LogP contribution in [0.2, 0.25) is 0 Å². The molecule has 18 heavy (non-hydrogen) atoms. The first-order chi connectivity index (χ1) is 8.52. The highest BCUT2D eigenvalue weighted by Gasteiger charge is 2.31. The molecule has 0 radical (unpaired) electrons. The Bertz CT molecular complexity index is 499. The lowest BCUT2D eigenvalue weighted by molar-refractivity contribution is -0.119. The molecular formula is C15H18O3. The van der Waals surface area contributed by atoms with Crippen molar-refractivity contribution < 1.29 is 14.3 Å². The summed E-state index contributed by atoms with van der Waals surface area (Å²) < 4.78 is 5.23. The Morgan fingerprint density at radius 2 is 1.83 bits per heavy atom. The van der Waals surface area contributed by atoms with Crippen molar-refractivity contribution in [3.63, 3.8) is 0 Å². The highest BCUT2D eigenvalue weighted by molar-refractivity contribution is 6.10. The normalized spacial score (nSPS) is 14.4. The van der Waals surface area contributed by atoms with Gasteiger partial charge in [0, 0.05) is 5.92 Å². The molecule has 0 saturated heterocycles. The molecule has 3 heteroatoms. The molecule has 2 rings (SSSR count). The summed E-state index contributed by atoms with van der Waals surface area (Å²) in [6.45, 7) is 3.93. The van der Waals surface area contributed by atoms with E-state index in [2.05, 4.69) is 0 Å². The molecular weight excluding hydrogens is 228 g/mol. The van der Waals surface area contributed by atoms with Crippen molar-refractivity contribution in [1.29, 1.82) is 0 Å². The van der Waals surface area contributed by atoms with Gasteiger partial charge in [-0.3, -0.25) is 9.59 Å². The first-order valence-electron chi connectivity index (χ1n) is 6.24. The third-order valence-electron chi connectivity index (χ3n) is 3.48. The van der Waals surface area contributed by atoms with Crippen LogP contribution in [-0.2, 0) is 4.79 Å². The van der Waals surface area contributed by atoms with Crippen LogP contribution in [-0.4, -0.2) is 18.7 Å². The summed E-state index contributed by atoms with van der Waals surface area (Å²) in [4.78, 5) is 23.8. The van der Waals surface area contributed by atoms with Crippen molar-refractivity contribution in [2.75, 3.05) is 7.11 Å². The zero-order valence-electron chi connectivity index (χ0n) is 11.1. The summed E-state index contributed by atoms with van der Waals surface area (Å²) in [5.41, 5.74) is 2.64. The number of rotatable bonds is 5. The Hall–Kier alpha value is -1.64. The largest absolute Gasteiger partial charge is 0.496 e. The smallest absolute Gasteiger partial charge is 0.173 e. The van der Waals surface area contributed by atoms with Gasteiger partial charge in [0.15, 0.2) is 5.78 Å². The van der Waals surface area contributed by atoms with E-state index >= 15 is 0 Å². The summed E-state index contributed by atoms with van der Waals surface area (Å²) in [5.74, 6) is 0.630. The molecule has 0 bridgehead atoms. The van der Waals surface area contributed by atoms with Crippen LogP contribution >= 0.6 is 0 Å². The van der Waals surface area contributed by atoms with Crippen molar-refractivity contribution in [3.05, 3.63) is 28.8 Å². The van der Waals surface area contributed by atoms with Crippen LogP contribution in [0.3, 0.4) is 0 Å². The van der Waals surface area contributed by atoms with Gasteiger partial charge in [0.25, 0.3) is 0 Å². The average molecular weight is 246 g/mol. The topological polar surface area (TPSA) is 43.4 Å². The monoisotopic (exact) mass is 246 g/mol. The van der Waals surface area contributed by atoms with E-state index in [4.69, 9.17) is 4.74 Å². The Labute approximate surface area is 107 Å². The molecule has 1 aliphatic rings. The second kappa shape index (κ2) is 4.92. The van der Waals surface area contributed by atoms with Gasteiger partial charge < -0.3 is 4.74 Å². The van der Waals surface area contributed by atoms with Gasteiger partial charge >= 0.3 is 0 Å². The van der Waals surface area contributed by atoms with Gasteiger partial charge in [-0.15, -0.1) is 0 Å². The van der Waals surface area contributed by atoms with E-state index in [1.807, 2.05) is 26.0 Å². The Morgan fingerprint density at radius 1 is 1.22 bits per heavy atom. The minimum absolute atomic E-state index is 0.00350. The number of ether oxygens (including phenoxy) is 1. The maximum Gasteiger partial charge on any atom is 0.173 e. The second-order valence-corrected chi connectivity index (χ2v) is 4.98. The number of hydrogen-bond donors (Lipinski definition) is 0. The number of carbonyl (C=O) groups excluding carboxylic acids is 2. The molecule has 3 nitrogen and oxygen atoms in total. The first kappa shape index (κ1) is 12.8. The minimum Gasteiger partial charge on any atom is -0.496 e. The van der Waals surface area contributed by atoms with Crippen LogP contribution in [0.4, 0.5) is 0 Å². The fourth-order valence-corrected chi connectivity index (χ4v) is 1.98. The van der Waals surface area contributed by atoms with Gasteiger partial charge in [-0.2, -0.15) is 0 Å². The second-order valence-electron chi connectivity index (χ2n) is 4.98. The number of aryl methyl sites for hydroxylation is 2. The molecule has 1 fully saturated rings. The maximum atomic E-state index is 12.1. The Kier molecular flexibility index (Phi) is 3.50. The molecule has 1 aliphatic carbocycles. The molecule has 0 amide bonds. The molecule has 1 aromatic rings. The molecule has 0 aromatic heterocycles. The quantitative estimate of drug-likeness (QED) is 0.592. The number of hydrogen-bond acceptors (Lipinski definition) is 3. The van der Waals surface area contributed by atoms with Gasteiger partial charge in [0.1, 0.15) is 11.5 Å². The van der Waals surface area contributed by atoms with Crippen molar-refractivity contribution >= 4 is 11.6 Å². The van der Waals surface area contributed by atoms with E-state index in [9.17, 15) is 9.59 Å².